The van der Waals surface area contributed by atoms with E-state index in [0.29, 0.717) is 18.6 Å². The molecule has 2 saturated heterocycles. The number of amides is 1. The van der Waals surface area contributed by atoms with Crippen LogP contribution in [0.2, 0.25) is 0 Å². The molecule has 24 heavy (non-hydrogen) atoms. The summed E-state index contributed by atoms with van der Waals surface area (Å²) in [5, 5.41) is 5.19. The zero-order valence-corrected chi connectivity index (χ0v) is 14.5. The number of fused-ring (bicyclic) bond motifs is 1. The molecular formula is C19H23N3OS. The summed E-state index contributed by atoms with van der Waals surface area (Å²) >= 11 is 1.60. The molecule has 3 atom stereocenters. The van der Waals surface area contributed by atoms with E-state index in [4.69, 9.17) is 0 Å². The van der Waals surface area contributed by atoms with Crippen molar-refractivity contribution in [3.8, 4) is 0 Å². The Balaban J connectivity index is 1.40. The van der Waals surface area contributed by atoms with Crippen molar-refractivity contribution in [2.45, 2.75) is 37.8 Å². The number of nitrogens with zero attached hydrogens (tertiary/aromatic N) is 2. The van der Waals surface area contributed by atoms with Gasteiger partial charge in [0.2, 0.25) is 5.91 Å². The summed E-state index contributed by atoms with van der Waals surface area (Å²) in [7, 11) is 0. The molecule has 2 aliphatic rings. The SMILES string of the molecule is O=C(NCCc1cscn1)[C@H]1C[C@@H](c2ccccc2)N2CCC[C@H]12. The lowest BCUT2D eigenvalue weighted by molar-refractivity contribution is -0.125. The molecule has 0 radical (unpaired) electrons. The number of rotatable bonds is 5. The summed E-state index contributed by atoms with van der Waals surface area (Å²) in [6.45, 7) is 1.80. The molecule has 1 aromatic carbocycles. The van der Waals surface area contributed by atoms with E-state index in [-0.39, 0.29) is 11.8 Å². The molecule has 1 N–H and O–H groups in total. The number of carbonyl (C=O) groups excluding carboxylic acids is 1. The third kappa shape index (κ3) is 3.10. The van der Waals surface area contributed by atoms with Crippen LogP contribution in [0.1, 0.15) is 36.6 Å². The van der Waals surface area contributed by atoms with Gasteiger partial charge in [0.05, 0.1) is 17.1 Å². The van der Waals surface area contributed by atoms with Crippen LogP contribution in [-0.2, 0) is 11.2 Å². The van der Waals surface area contributed by atoms with Gasteiger partial charge in [-0.25, -0.2) is 4.98 Å². The Morgan fingerprint density at radius 3 is 3.00 bits per heavy atom. The number of nitrogens with one attached hydrogen (secondary N) is 1. The van der Waals surface area contributed by atoms with Crippen LogP contribution >= 0.6 is 11.3 Å². The zero-order chi connectivity index (χ0) is 16.4. The molecule has 1 aromatic heterocycles. The van der Waals surface area contributed by atoms with Crippen molar-refractivity contribution < 1.29 is 4.79 Å². The summed E-state index contributed by atoms with van der Waals surface area (Å²) in [5.74, 6) is 0.341. The predicted molar refractivity (Wildman–Crippen MR) is 95.8 cm³/mol. The van der Waals surface area contributed by atoms with E-state index >= 15 is 0 Å². The van der Waals surface area contributed by atoms with Crippen molar-refractivity contribution in [3.63, 3.8) is 0 Å². The second kappa shape index (κ2) is 7.03. The maximum absolute atomic E-state index is 12.7. The Hall–Kier alpha value is -1.72. The van der Waals surface area contributed by atoms with Gasteiger partial charge in [-0.15, -0.1) is 11.3 Å². The van der Waals surface area contributed by atoms with Crippen molar-refractivity contribution in [3.05, 3.63) is 52.5 Å². The first-order valence-electron chi connectivity index (χ1n) is 8.78. The van der Waals surface area contributed by atoms with Gasteiger partial charge in [-0.05, 0) is 31.4 Å². The lowest BCUT2D eigenvalue weighted by atomic mass is 9.93. The Kier molecular flexibility index (Phi) is 4.63. The largest absolute Gasteiger partial charge is 0.355 e. The van der Waals surface area contributed by atoms with Gasteiger partial charge in [-0.1, -0.05) is 30.3 Å². The molecule has 1 amide bonds. The summed E-state index contributed by atoms with van der Waals surface area (Å²) in [6.07, 6.45) is 4.11. The number of hydrogen-bond acceptors (Lipinski definition) is 4. The van der Waals surface area contributed by atoms with Crippen molar-refractivity contribution in [1.29, 1.82) is 0 Å². The minimum atomic E-state index is 0.119. The van der Waals surface area contributed by atoms with E-state index in [2.05, 4.69) is 45.5 Å². The summed E-state index contributed by atoms with van der Waals surface area (Å²) < 4.78 is 0. The van der Waals surface area contributed by atoms with Crippen LogP contribution < -0.4 is 5.32 Å². The molecule has 2 aromatic rings. The van der Waals surface area contributed by atoms with Gasteiger partial charge < -0.3 is 5.32 Å². The van der Waals surface area contributed by atoms with Crippen molar-refractivity contribution in [2.24, 2.45) is 5.92 Å². The molecule has 4 nitrogen and oxygen atoms in total. The topological polar surface area (TPSA) is 45.2 Å². The highest BCUT2D eigenvalue weighted by atomic mass is 32.1. The number of carbonyl (C=O) groups is 1. The van der Waals surface area contributed by atoms with Gasteiger partial charge in [0.15, 0.2) is 0 Å². The average molecular weight is 341 g/mol. The van der Waals surface area contributed by atoms with Crippen molar-refractivity contribution >= 4 is 17.2 Å². The Bertz CT molecular complexity index is 673. The third-order valence-electron chi connectivity index (χ3n) is 5.37. The molecule has 3 heterocycles. The number of aromatic nitrogens is 1. The molecule has 5 heteroatoms. The van der Waals surface area contributed by atoms with Gasteiger partial charge in [0.1, 0.15) is 0 Å². The van der Waals surface area contributed by atoms with Crippen molar-refractivity contribution in [1.82, 2.24) is 15.2 Å². The van der Waals surface area contributed by atoms with Gasteiger partial charge in [-0.2, -0.15) is 0 Å². The molecule has 2 aliphatic heterocycles. The van der Waals surface area contributed by atoms with E-state index in [9.17, 15) is 4.79 Å². The number of hydrogen-bond donors (Lipinski definition) is 1. The highest BCUT2D eigenvalue weighted by Gasteiger charge is 2.46. The molecular weight excluding hydrogens is 318 g/mol. The lowest BCUT2D eigenvalue weighted by Gasteiger charge is -2.24. The molecule has 126 valence electrons. The predicted octanol–water partition coefficient (Wildman–Crippen LogP) is 3.03. The monoisotopic (exact) mass is 341 g/mol. The highest BCUT2D eigenvalue weighted by Crippen LogP contribution is 2.44. The first-order chi connectivity index (χ1) is 11.8. The smallest absolute Gasteiger partial charge is 0.224 e. The van der Waals surface area contributed by atoms with Crippen LogP contribution in [0.25, 0.3) is 0 Å². The van der Waals surface area contributed by atoms with Gasteiger partial charge in [0, 0.05) is 30.4 Å². The highest BCUT2D eigenvalue weighted by molar-refractivity contribution is 7.07. The quantitative estimate of drug-likeness (QED) is 0.909. The minimum Gasteiger partial charge on any atom is -0.355 e. The normalized spacial score (nSPS) is 26.4. The Morgan fingerprint density at radius 1 is 1.33 bits per heavy atom. The Morgan fingerprint density at radius 2 is 2.21 bits per heavy atom. The van der Waals surface area contributed by atoms with Gasteiger partial charge >= 0.3 is 0 Å². The second-order valence-electron chi connectivity index (χ2n) is 6.74. The fourth-order valence-corrected chi connectivity index (χ4v) is 4.85. The molecule has 2 fully saturated rings. The zero-order valence-electron chi connectivity index (χ0n) is 13.7. The molecule has 0 saturated carbocycles. The van der Waals surface area contributed by atoms with E-state index in [1.54, 1.807) is 11.3 Å². The summed E-state index contributed by atoms with van der Waals surface area (Å²) in [6, 6.07) is 11.5. The average Bonchev–Trinajstić information content (AvgIpc) is 3.33. The van der Waals surface area contributed by atoms with E-state index in [1.807, 2.05) is 10.9 Å². The maximum atomic E-state index is 12.7. The summed E-state index contributed by atoms with van der Waals surface area (Å²) in [5.41, 5.74) is 4.26. The van der Waals surface area contributed by atoms with Crippen LogP contribution in [0, 0.1) is 5.92 Å². The van der Waals surface area contributed by atoms with E-state index in [0.717, 1.165) is 31.5 Å². The van der Waals surface area contributed by atoms with Gasteiger partial charge in [-0.3, -0.25) is 9.69 Å². The van der Waals surface area contributed by atoms with Crippen LogP contribution in [-0.4, -0.2) is 34.9 Å². The Labute approximate surface area is 146 Å². The number of benzene rings is 1. The lowest BCUT2D eigenvalue weighted by Crippen LogP contribution is -2.38. The first-order valence-corrected chi connectivity index (χ1v) is 9.72. The fourth-order valence-electron chi connectivity index (χ4n) is 4.26. The van der Waals surface area contributed by atoms with E-state index < -0.39 is 0 Å². The minimum absolute atomic E-state index is 0.119. The second-order valence-corrected chi connectivity index (χ2v) is 7.46. The first kappa shape index (κ1) is 15.8. The van der Waals surface area contributed by atoms with Crippen LogP contribution in [0.15, 0.2) is 41.2 Å². The third-order valence-corrected chi connectivity index (χ3v) is 6.00. The molecule has 0 bridgehead atoms. The molecule has 0 aliphatic carbocycles. The van der Waals surface area contributed by atoms with Crippen LogP contribution in [0.4, 0.5) is 0 Å². The van der Waals surface area contributed by atoms with Crippen molar-refractivity contribution in [2.75, 3.05) is 13.1 Å². The molecule has 0 unspecified atom stereocenters. The fraction of sp³-hybridized carbons (Fsp3) is 0.474. The molecule has 4 rings (SSSR count). The molecule has 0 spiro atoms. The van der Waals surface area contributed by atoms with E-state index in [1.165, 1.54) is 12.0 Å². The summed E-state index contributed by atoms with van der Waals surface area (Å²) in [4.78, 5) is 19.6. The maximum Gasteiger partial charge on any atom is 0.224 e. The van der Waals surface area contributed by atoms with Gasteiger partial charge in [0.25, 0.3) is 0 Å². The van der Waals surface area contributed by atoms with Crippen LogP contribution in [0.5, 0.6) is 0 Å². The number of thiazole rings is 1. The standard InChI is InChI=1S/C19H23N3OS/c23-19(20-9-8-15-12-24-13-21-15)16-11-18(14-5-2-1-3-6-14)22-10-4-7-17(16)22/h1-3,5-6,12-13,16-18H,4,7-11H2,(H,20,23)/t16-,17+,18-/m0/s1. The van der Waals surface area contributed by atoms with Crippen LogP contribution in [0.3, 0.4) is 0 Å².